The molecule has 0 atom stereocenters. The number of nitrogens with zero attached hydrogens (tertiary/aromatic N) is 7. The van der Waals surface area contributed by atoms with Crippen LogP contribution in [-0.2, 0) is 16.9 Å². The lowest BCUT2D eigenvalue weighted by Gasteiger charge is -2.47. The van der Waals surface area contributed by atoms with E-state index in [0.29, 0.717) is 33.9 Å². The Hall–Kier alpha value is -4.71. The van der Waals surface area contributed by atoms with Crippen molar-refractivity contribution < 1.29 is 14.6 Å². The quantitative estimate of drug-likeness (QED) is 0.288. The van der Waals surface area contributed by atoms with Crippen molar-refractivity contribution in [3.63, 3.8) is 0 Å². The first-order chi connectivity index (χ1) is 21.6. The molecule has 5 heterocycles. The molecule has 0 saturated carbocycles. The fraction of sp³-hybridized carbons (Fsp3) is 0.424. The summed E-state index contributed by atoms with van der Waals surface area (Å²) >= 11 is 0. The zero-order valence-corrected chi connectivity index (χ0v) is 26.1. The zero-order chi connectivity index (χ0) is 31.8. The number of likely N-dealkylation sites (tertiary alicyclic amines) is 1. The molecule has 45 heavy (non-hydrogen) atoms. The number of hydrogen-bond donors (Lipinski definition) is 2. The van der Waals surface area contributed by atoms with Crippen LogP contribution in [0.2, 0.25) is 0 Å². The molecule has 4 aromatic rings. The van der Waals surface area contributed by atoms with E-state index >= 15 is 0 Å². The Morgan fingerprint density at radius 1 is 1.07 bits per heavy atom. The molecule has 0 bridgehead atoms. The van der Waals surface area contributed by atoms with Gasteiger partial charge in [0.2, 0.25) is 5.95 Å². The van der Waals surface area contributed by atoms with Gasteiger partial charge in [0.1, 0.15) is 11.0 Å². The smallest absolute Gasteiger partial charge is 0.409 e. The van der Waals surface area contributed by atoms with Crippen LogP contribution in [0.5, 0.6) is 0 Å². The molecule has 12 heteroatoms. The van der Waals surface area contributed by atoms with Crippen LogP contribution in [0, 0.1) is 5.41 Å². The lowest BCUT2D eigenvalue weighted by molar-refractivity contribution is 0.0646. The third-order valence-corrected chi connectivity index (χ3v) is 9.13. The van der Waals surface area contributed by atoms with Gasteiger partial charge in [-0.2, -0.15) is 4.98 Å². The standard InChI is InChI=1S/C33H40N8O4/c1-5-17-40-29(42)25-22-34-30(37-28(25)41(40)27-8-6-7-26(36-27)32(2,3)44)35-23-9-11-24(12-10-23)38-18-13-33(14-19-38)15-20-39(21-16-33)31(43)45-4/h5-12,22,44H,1,13-21H2,2-4H3,(H,34,35,37). The van der Waals surface area contributed by atoms with Crippen LogP contribution in [0.3, 0.4) is 0 Å². The van der Waals surface area contributed by atoms with E-state index in [-0.39, 0.29) is 18.2 Å². The van der Waals surface area contributed by atoms with E-state index in [1.807, 2.05) is 17.0 Å². The van der Waals surface area contributed by atoms with Gasteiger partial charge < -0.3 is 25.0 Å². The minimum absolute atomic E-state index is 0.226. The molecule has 2 aliphatic heterocycles. The molecular weight excluding hydrogens is 572 g/mol. The fourth-order valence-corrected chi connectivity index (χ4v) is 6.41. The van der Waals surface area contributed by atoms with Crippen molar-refractivity contribution in [3.05, 3.63) is 77.4 Å². The lowest BCUT2D eigenvalue weighted by atomic mass is 9.71. The number of hydrogen-bond acceptors (Lipinski definition) is 9. The van der Waals surface area contributed by atoms with Crippen molar-refractivity contribution in [1.82, 2.24) is 29.2 Å². The van der Waals surface area contributed by atoms with E-state index < -0.39 is 5.60 Å². The predicted octanol–water partition coefficient (Wildman–Crippen LogP) is 4.58. The Bertz CT molecular complexity index is 1750. The number of allylic oxidation sites excluding steroid dienone is 1. The van der Waals surface area contributed by atoms with Gasteiger partial charge >= 0.3 is 6.09 Å². The minimum Gasteiger partial charge on any atom is -0.453 e. The average Bonchev–Trinajstić information content (AvgIpc) is 3.32. The Morgan fingerprint density at radius 3 is 2.40 bits per heavy atom. The van der Waals surface area contributed by atoms with E-state index in [1.54, 1.807) is 42.8 Å². The number of amides is 1. The molecule has 0 unspecified atom stereocenters. The number of nitrogens with one attached hydrogen (secondary N) is 1. The van der Waals surface area contributed by atoms with E-state index in [1.165, 1.54) is 18.0 Å². The van der Waals surface area contributed by atoms with Crippen molar-refractivity contribution in [2.45, 2.75) is 51.7 Å². The summed E-state index contributed by atoms with van der Waals surface area (Å²) in [4.78, 5) is 43.2. The normalized spacial score (nSPS) is 16.6. The van der Waals surface area contributed by atoms with Crippen molar-refractivity contribution in [2.75, 3.05) is 43.5 Å². The fourth-order valence-electron chi connectivity index (χ4n) is 6.41. The molecular formula is C33H40N8O4. The first-order valence-corrected chi connectivity index (χ1v) is 15.4. The molecule has 236 valence electrons. The largest absolute Gasteiger partial charge is 0.453 e. The van der Waals surface area contributed by atoms with Gasteiger partial charge in [-0.15, -0.1) is 6.58 Å². The summed E-state index contributed by atoms with van der Waals surface area (Å²) in [5.74, 6) is 0.798. The van der Waals surface area contributed by atoms with Gasteiger partial charge in [-0.05, 0) is 81.3 Å². The van der Waals surface area contributed by atoms with Gasteiger partial charge in [0, 0.05) is 43.8 Å². The maximum absolute atomic E-state index is 13.3. The Balaban J connectivity index is 1.18. The number of piperidine rings is 2. The van der Waals surface area contributed by atoms with Gasteiger partial charge in [0.05, 0.1) is 19.3 Å². The Kier molecular flexibility index (Phi) is 8.08. The second kappa shape index (κ2) is 12.0. The van der Waals surface area contributed by atoms with Crippen molar-refractivity contribution in [1.29, 1.82) is 0 Å². The number of ether oxygens (including phenoxy) is 1. The topological polar surface area (TPSA) is 131 Å². The van der Waals surface area contributed by atoms with Crippen LogP contribution < -0.4 is 15.8 Å². The van der Waals surface area contributed by atoms with E-state index in [2.05, 4.69) is 38.9 Å². The molecule has 2 saturated heterocycles. The van der Waals surface area contributed by atoms with Gasteiger partial charge in [-0.3, -0.25) is 4.79 Å². The summed E-state index contributed by atoms with van der Waals surface area (Å²) in [5, 5.41) is 14.2. The number of aliphatic hydroxyl groups is 1. The summed E-state index contributed by atoms with van der Waals surface area (Å²) < 4.78 is 8.05. The molecule has 0 aliphatic carbocycles. The van der Waals surface area contributed by atoms with Crippen LogP contribution in [-0.4, -0.2) is 73.7 Å². The lowest BCUT2D eigenvalue weighted by Crippen LogP contribution is -2.48. The number of rotatable bonds is 7. The van der Waals surface area contributed by atoms with Gasteiger partial charge in [0.25, 0.3) is 5.56 Å². The highest BCUT2D eigenvalue weighted by molar-refractivity contribution is 5.77. The van der Waals surface area contributed by atoms with E-state index in [4.69, 9.17) is 9.72 Å². The van der Waals surface area contributed by atoms with Crippen molar-refractivity contribution >= 4 is 34.4 Å². The minimum atomic E-state index is -1.16. The number of aromatic nitrogens is 5. The van der Waals surface area contributed by atoms with E-state index in [9.17, 15) is 14.7 Å². The molecule has 12 nitrogen and oxygen atoms in total. The molecule has 3 aromatic heterocycles. The predicted molar refractivity (Wildman–Crippen MR) is 173 cm³/mol. The van der Waals surface area contributed by atoms with Crippen LogP contribution in [0.4, 0.5) is 22.1 Å². The van der Waals surface area contributed by atoms with Gasteiger partial charge in [-0.1, -0.05) is 12.1 Å². The highest BCUT2D eigenvalue weighted by Crippen LogP contribution is 2.42. The SMILES string of the molecule is C=CCn1c(=O)c2cnc(Nc3ccc(N4CCC5(CCN(C(=O)OC)CC5)CC4)cc3)nc2n1-c1cccc(C(C)(C)O)n1. The van der Waals surface area contributed by atoms with Crippen molar-refractivity contribution in [2.24, 2.45) is 5.41 Å². The van der Waals surface area contributed by atoms with E-state index in [0.717, 1.165) is 63.2 Å². The zero-order valence-electron chi connectivity index (χ0n) is 26.1. The average molecular weight is 613 g/mol. The number of carbonyl (C=O) groups is 1. The molecule has 6 rings (SSSR count). The highest BCUT2D eigenvalue weighted by atomic mass is 16.5. The molecule has 1 aromatic carbocycles. The maximum Gasteiger partial charge on any atom is 0.409 e. The summed E-state index contributed by atoms with van der Waals surface area (Å²) in [6.07, 6.45) is 7.20. The number of pyridine rings is 1. The molecule has 2 aliphatic rings. The van der Waals surface area contributed by atoms with Crippen LogP contribution in [0.25, 0.3) is 16.9 Å². The first kappa shape index (κ1) is 30.3. The first-order valence-electron chi connectivity index (χ1n) is 15.4. The second-order valence-electron chi connectivity index (χ2n) is 12.5. The summed E-state index contributed by atoms with van der Waals surface area (Å²) in [6.45, 7) is 10.9. The number of fused-ring (bicyclic) bond motifs is 1. The Labute approximate surface area is 262 Å². The van der Waals surface area contributed by atoms with Gasteiger partial charge in [-0.25, -0.2) is 24.1 Å². The van der Waals surface area contributed by atoms with Crippen LogP contribution >= 0.6 is 0 Å². The van der Waals surface area contributed by atoms with Gasteiger partial charge in [0.15, 0.2) is 11.5 Å². The molecule has 1 amide bonds. The summed E-state index contributed by atoms with van der Waals surface area (Å²) in [5.41, 5.74) is 1.74. The second-order valence-corrected chi connectivity index (χ2v) is 12.5. The third-order valence-electron chi connectivity index (χ3n) is 9.13. The molecule has 0 radical (unpaired) electrons. The van der Waals surface area contributed by atoms with Crippen molar-refractivity contribution in [3.8, 4) is 5.82 Å². The summed E-state index contributed by atoms with van der Waals surface area (Å²) in [6, 6.07) is 13.5. The molecule has 1 spiro atoms. The third kappa shape index (κ3) is 6.02. The van der Waals surface area contributed by atoms with Crippen LogP contribution in [0.1, 0.15) is 45.2 Å². The molecule has 2 fully saturated rings. The number of carbonyl (C=O) groups excluding carboxylic acids is 1. The number of anilines is 3. The monoisotopic (exact) mass is 612 g/mol. The number of methoxy groups -OCH3 is 1. The Morgan fingerprint density at radius 2 is 1.76 bits per heavy atom. The van der Waals surface area contributed by atoms with Crippen LogP contribution in [0.15, 0.2) is 66.1 Å². The highest BCUT2D eigenvalue weighted by Gasteiger charge is 2.38. The number of benzene rings is 1. The molecule has 2 N–H and O–H groups in total. The maximum atomic E-state index is 13.3. The summed E-state index contributed by atoms with van der Waals surface area (Å²) in [7, 11) is 1.44.